The van der Waals surface area contributed by atoms with Crippen molar-refractivity contribution in [1.82, 2.24) is 5.32 Å². The first-order valence-electron chi connectivity index (χ1n) is 7.97. The van der Waals surface area contributed by atoms with Crippen molar-refractivity contribution in [2.24, 2.45) is 0 Å². The normalized spacial score (nSPS) is 10.1. The minimum absolute atomic E-state index is 0.0590. The molecule has 4 nitrogen and oxygen atoms in total. The molecule has 0 aromatic heterocycles. The largest absolute Gasteiger partial charge is 0.493 e. The summed E-state index contributed by atoms with van der Waals surface area (Å²) in [5.41, 5.74) is 1.58. The van der Waals surface area contributed by atoms with Gasteiger partial charge in [-0.2, -0.15) is 0 Å². The van der Waals surface area contributed by atoms with Crippen LogP contribution < -0.4 is 14.8 Å². The Morgan fingerprint density at radius 3 is 2.69 bits per heavy atom. The highest BCUT2D eigenvalue weighted by Gasteiger charge is 2.08. The number of aryl methyl sites for hydroxylation is 1. The minimum atomic E-state index is -0.502. The molecule has 0 aliphatic carbocycles. The molecule has 0 fully saturated rings. The van der Waals surface area contributed by atoms with Gasteiger partial charge in [-0.3, -0.25) is 4.79 Å². The fraction of sp³-hybridized carbons (Fsp3) is 0.250. The number of amides is 1. The zero-order chi connectivity index (χ0) is 18.9. The molecular formula is C20H19ClFNO3. The maximum atomic E-state index is 13.4. The minimum Gasteiger partial charge on any atom is -0.493 e. The van der Waals surface area contributed by atoms with Crippen LogP contribution in [0.4, 0.5) is 4.39 Å². The number of terminal acetylenes is 1. The summed E-state index contributed by atoms with van der Waals surface area (Å²) in [5, 5.41) is 2.82. The van der Waals surface area contributed by atoms with Crippen molar-refractivity contribution in [2.75, 3.05) is 13.7 Å². The van der Waals surface area contributed by atoms with E-state index in [4.69, 9.17) is 27.5 Å². The van der Waals surface area contributed by atoms with E-state index in [0.29, 0.717) is 29.9 Å². The predicted octanol–water partition coefficient (Wildman–Crippen LogP) is 3.75. The van der Waals surface area contributed by atoms with E-state index in [2.05, 4.69) is 11.2 Å². The number of carbonyl (C=O) groups excluding carboxylic acids is 1. The van der Waals surface area contributed by atoms with Gasteiger partial charge in [0.2, 0.25) is 5.91 Å². The first-order valence-corrected chi connectivity index (χ1v) is 8.35. The van der Waals surface area contributed by atoms with Crippen molar-refractivity contribution in [3.05, 3.63) is 58.4 Å². The Morgan fingerprint density at radius 1 is 1.23 bits per heavy atom. The number of rotatable bonds is 8. The molecule has 0 bridgehead atoms. The van der Waals surface area contributed by atoms with E-state index in [1.165, 1.54) is 12.1 Å². The Labute approximate surface area is 157 Å². The maximum Gasteiger partial charge on any atom is 0.220 e. The molecule has 0 aliphatic heterocycles. The molecule has 1 amide bonds. The first-order chi connectivity index (χ1) is 12.5. The summed E-state index contributed by atoms with van der Waals surface area (Å²) >= 11 is 5.63. The average Bonchev–Trinajstić information content (AvgIpc) is 2.65. The fourth-order valence-corrected chi connectivity index (χ4v) is 2.42. The van der Waals surface area contributed by atoms with Crippen molar-refractivity contribution in [2.45, 2.75) is 19.4 Å². The van der Waals surface area contributed by atoms with Gasteiger partial charge in [0, 0.05) is 13.0 Å². The third-order valence-electron chi connectivity index (χ3n) is 3.65. The van der Waals surface area contributed by atoms with Gasteiger partial charge >= 0.3 is 0 Å². The predicted molar refractivity (Wildman–Crippen MR) is 98.9 cm³/mol. The van der Waals surface area contributed by atoms with Gasteiger partial charge in [0.25, 0.3) is 0 Å². The number of carbonyl (C=O) groups is 1. The van der Waals surface area contributed by atoms with Crippen LogP contribution in [0.25, 0.3) is 0 Å². The van der Waals surface area contributed by atoms with Crippen LogP contribution in [0.5, 0.6) is 11.5 Å². The third kappa shape index (κ3) is 5.68. The SMILES string of the molecule is C#CCOc1ccc(CCC(=O)NCc2ccc(Cl)c(F)c2)cc1OC. The van der Waals surface area contributed by atoms with E-state index in [-0.39, 0.29) is 24.1 Å². The molecule has 0 atom stereocenters. The van der Waals surface area contributed by atoms with E-state index < -0.39 is 5.82 Å². The van der Waals surface area contributed by atoms with E-state index in [1.807, 2.05) is 12.1 Å². The molecule has 0 unspecified atom stereocenters. The molecule has 0 radical (unpaired) electrons. The van der Waals surface area contributed by atoms with Crippen LogP contribution in [0.1, 0.15) is 17.5 Å². The second kappa shape index (κ2) is 9.69. The Bertz CT molecular complexity index is 817. The molecule has 0 saturated carbocycles. The number of hydrogen-bond donors (Lipinski definition) is 1. The van der Waals surface area contributed by atoms with E-state index in [9.17, 15) is 9.18 Å². The quantitative estimate of drug-likeness (QED) is 0.715. The van der Waals surface area contributed by atoms with Crippen LogP contribution >= 0.6 is 11.6 Å². The summed E-state index contributed by atoms with van der Waals surface area (Å²) in [4.78, 5) is 12.0. The molecular weight excluding hydrogens is 357 g/mol. The summed E-state index contributed by atoms with van der Waals surface area (Å²) in [6.07, 6.45) is 6.01. The highest BCUT2D eigenvalue weighted by Crippen LogP contribution is 2.28. The first kappa shape index (κ1) is 19.6. The third-order valence-corrected chi connectivity index (χ3v) is 3.96. The van der Waals surface area contributed by atoms with Crippen molar-refractivity contribution in [1.29, 1.82) is 0 Å². The van der Waals surface area contributed by atoms with Gasteiger partial charge in [-0.05, 0) is 41.8 Å². The average molecular weight is 376 g/mol. The Kier molecular flexibility index (Phi) is 7.31. The topological polar surface area (TPSA) is 47.6 Å². The maximum absolute atomic E-state index is 13.4. The molecule has 26 heavy (non-hydrogen) atoms. The molecule has 0 saturated heterocycles. The number of benzene rings is 2. The monoisotopic (exact) mass is 375 g/mol. The molecule has 1 N–H and O–H groups in total. The summed E-state index contributed by atoms with van der Waals surface area (Å²) in [7, 11) is 1.54. The lowest BCUT2D eigenvalue weighted by Gasteiger charge is -2.11. The van der Waals surface area contributed by atoms with Gasteiger partial charge in [-0.1, -0.05) is 29.7 Å². The molecule has 0 heterocycles. The van der Waals surface area contributed by atoms with Gasteiger partial charge in [0.05, 0.1) is 12.1 Å². The van der Waals surface area contributed by atoms with E-state index in [1.54, 1.807) is 19.2 Å². The van der Waals surface area contributed by atoms with Gasteiger partial charge in [0.15, 0.2) is 11.5 Å². The number of nitrogens with one attached hydrogen (secondary N) is 1. The number of hydrogen-bond acceptors (Lipinski definition) is 3. The zero-order valence-corrected chi connectivity index (χ0v) is 15.1. The molecule has 0 aliphatic rings. The van der Waals surface area contributed by atoms with E-state index in [0.717, 1.165) is 5.56 Å². The van der Waals surface area contributed by atoms with Crippen LogP contribution in [0.15, 0.2) is 36.4 Å². The van der Waals surface area contributed by atoms with Gasteiger partial charge in [-0.15, -0.1) is 6.42 Å². The Hall–Kier alpha value is -2.71. The van der Waals surface area contributed by atoms with Crippen LogP contribution in [-0.4, -0.2) is 19.6 Å². The summed E-state index contributed by atoms with van der Waals surface area (Å²) < 4.78 is 24.0. The van der Waals surface area contributed by atoms with Crippen molar-refractivity contribution < 1.29 is 18.7 Å². The molecule has 0 spiro atoms. The molecule has 2 rings (SSSR count). The van der Waals surface area contributed by atoms with Gasteiger partial charge < -0.3 is 14.8 Å². The van der Waals surface area contributed by atoms with E-state index >= 15 is 0 Å². The summed E-state index contributed by atoms with van der Waals surface area (Å²) in [5.74, 6) is 2.88. The lowest BCUT2D eigenvalue weighted by Crippen LogP contribution is -2.23. The standard InChI is InChI=1S/C20H19ClFNO3/c1-3-10-26-18-8-5-14(12-19(18)25-2)6-9-20(24)23-13-15-4-7-16(21)17(22)11-15/h1,4-5,7-8,11-12H,6,9-10,13H2,2H3,(H,23,24). The zero-order valence-electron chi connectivity index (χ0n) is 14.4. The van der Waals surface area contributed by atoms with Crippen LogP contribution in [-0.2, 0) is 17.8 Å². The molecule has 6 heteroatoms. The van der Waals surface area contributed by atoms with Crippen LogP contribution in [0, 0.1) is 18.2 Å². The highest BCUT2D eigenvalue weighted by molar-refractivity contribution is 6.30. The smallest absolute Gasteiger partial charge is 0.220 e. The van der Waals surface area contributed by atoms with Gasteiger partial charge in [0.1, 0.15) is 12.4 Å². The lowest BCUT2D eigenvalue weighted by molar-refractivity contribution is -0.121. The molecule has 136 valence electrons. The van der Waals surface area contributed by atoms with Crippen molar-refractivity contribution >= 4 is 17.5 Å². The number of methoxy groups -OCH3 is 1. The highest BCUT2D eigenvalue weighted by atomic mass is 35.5. The number of ether oxygens (including phenoxy) is 2. The van der Waals surface area contributed by atoms with Crippen LogP contribution in [0.3, 0.4) is 0 Å². The summed E-state index contributed by atoms with van der Waals surface area (Å²) in [6.45, 7) is 0.401. The van der Waals surface area contributed by atoms with Gasteiger partial charge in [-0.25, -0.2) is 4.39 Å². The summed E-state index contributed by atoms with van der Waals surface area (Å²) in [6, 6.07) is 9.88. The Morgan fingerprint density at radius 2 is 2.00 bits per heavy atom. The van der Waals surface area contributed by atoms with Crippen molar-refractivity contribution in [3.63, 3.8) is 0 Å². The fourth-order valence-electron chi connectivity index (χ4n) is 2.30. The molecule has 2 aromatic rings. The Balaban J connectivity index is 1.86. The second-order valence-corrected chi connectivity index (χ2v) is 5.91. The lowest BCUT2D eigenvalue weighted by atomic mass is 10.1. The second-order valence-electron chi connectivity index (χ2n) is 5.50. The number of halogens is 2. The van der Waals surface area contributed by atoms with Crippen molar-refractivity contribution in [3.8, 4) is 23.8 Å². The van der Waals surface area contributed by atoms with Crippen LogP contribution in [0.2, 0.25) is 5.02 Å². The molecule has 2 aromatic carbocycles.